The molecule has 1 unspecified atom stereocenters. The van der Waals surface area contributed by atoms with Gasteiger partial charge in [0.05, 0.1) is 0 Å². The molecule has 0 saturated carbocycles. The first-order valence-corrected chi connectivity index (χ1v) is 8.90. The third-order valence-electron chi connectivity index (χ3n) is 3.69. The number of hydrogen-bond donors (Lipinski definition) is 2. The van der Waals surface area contributed by atoms with Crippen molar-refractivity contribution < 1.29 is 9.90 Å². The summed E-state index contributed by atoms with van der Waals surface area (Å²) in [5, 5.41) is 12.2. The summed E-state index contributed by atoms with van der Waals surface area (Å²) in [7, 11) is 0. The standard InChI is InChI=1S/C19H23NO2S/c1-2-23-18-10-8-16(9-11-18)19(22)20-14-17(12-13-21)15-6-4-3-5-7-15/h3-11,17,21H,2,12-14H2,1H3,(H,20,22). The van der Waals surface area contributed by atoms with E-state index in [1.807, 2.05) is 54.6 Å². The Hall–Kier alpha value is -1.78. The molecular formula is C19H23NO2S. The van der Waals surface area contributed by atoms with Gasteiger partial charge in [0.2, 0.25) is 0 Å². The Bertz CT molecular complexity index is 599. The maximum atomic E-state index is 12.3. The highest BCUT2D eigenvalue weighted by molar-refractivity contribution is 7.99. The molecule has 0 saturated heterocycles. The van der Waals surface area contributed by atoms with Crippen LogP contribution in [0.25, 0.3) is 0 Å². The fourth-order valence-corrected chi connectivity index (χ4v) is 3.12. The molecule has 4 heteroatoms. The SMILES string of the molecule is CCSc1ccc(C(=O)NCC(CCO)c2ccccc2)cc1. The van der Waals surface area contributed by atoms with Crippen LogP contribution in [0.5, 0.6) is 0 Å². The molecule has 0 radical (unpaired) electrons. The molecule has 1 amide bonds. The number of rotatable bonds is 8. The van der Waals surface area contributed by atoms with Crippen molar-refractivity contribution in [3.63, 3.8) is 0 Å². The van der Waals surface area contributed by atoms with Crippen LogP contribution in [0.4, 0.5) is 0 Å². The number of benzene rings is 2. The van der Waals surface area contributed by atoms with Gasteiger partial charge in [-0.05, 0) is 42.0 Å². The number of amides is 1. The quantitative estimate of drug-likeness (QED) is 0.726. The summed E-state index contributed by atoms with van der Waals surface area (Å²) in [6.45, 7) is 2.74. The number of nitrogens with one attached hydrogen (secondary N) is 1. The van der Waals surface area contributed by atoms with Gasteiger partial charge in [0.15, 0.2) is 0 Å². The number of carbonyl (C=O) groups is 1. The fraction of sp³-hybridized carbons (Fsp3) is 0.316. The lowest BCUT2D eigenvalue weighted by Gasteiger charge is -2.17. The summed E-state index contributed by atoms with van der Waals surface area (Å²) in [4.78, 5) is 13.4. The lowest BCUT2D eigenvalue weighted by molar-refractivity contribution is 0.0949. The molecule has 2 rings (SSSR count). The van der Waals surface area contributed by atoms with Crippen LogP contribution in [0, 0.1) is 0 Å². The minimum absolute atomic E-state index is 0.0723. The molecule has 0 bridgehead atoms. The van der Waals surface area contributed by atoms with Crippen LogP contribution in [-0.2, 0) is 0 Å². The summed E-state index contributed by atoms with van der Waals surface area (Å²) < 4.78 is 0. The second-order valence-electron chi connectivity index (χ2n) is 5.29. The van der Waals surface area contributed by atoms with Crippen LogP contribution in [-0.4, -0.2) is 29.9 Å². The van der Waals surface area contributed by atoms with Crippen molar-refractivity contribution in [1.82, 2.24) is 5.32 Å². The van der Waals surface area contributed by atoms with Crippen LogP contribution in [0.15, 0.2) is 59.5 Å². The highest BCUT2D eigenvalue weighted by Crippen LogP contribution is 2.19. The molecule has 0 fully saturated rings. The average Bonchev–Trinajstić information content (AvgIpc) is 2.60. The minimum Gasteiger partial charge on any atom is -0.396 e. The van der Waals surface area contributed by atoms with Gasteiger partial charge in [0, 0.05) is 29.5 Å². The predicted octanol–water partition coefficient (Wildman–Crippen LogP) is 3.69. The normalized spacial score (nSPS) is 11.9. The summed E-state index contributed by atoms with van der Waals surface area (Å²) in [6, 6.07) is 17.7. The summed E-state index contributed by atoms with van der Waals surface area (Å²) in [6.07, 6.45) is 0.635. The molecule has 0 aliphatic carbocycles. The third kappa shape index (κ3) is 5.41. The van der Waals surface area contributed by atoms with E-state index in [1.54, 1.807) is 11.8 Å². The van der Waals surface area contributed by atoms with Crippen LogP contribution in [0.1, 0.15) is 35.2 Å². The zero-order valence-corrected chi connectivity index (χ0v) is 14.2. The second kappa shape index (κ2) is 9.38. The van der Waals surface area contributed by atoms with Crippen molar-refractivity contribution in [3.05, 3.63) is 65.7 Å². The summed E-state index contributed by atoms with van der Waals surface area (Å²) in [5.74, 6) is 1.07. The van der Waals surface area contributed by atoms with Crippen molar-refractivity contribution >= 4 is 17.7 Å². The van der Waals surface area contributed by atoms with E-state index in [-0.39, 0.29) is 18.4 Å². The largest absolute Gasteiger partial charge is 0.396 e. The lowest BCUT2D eigenvalue weighted by atomic mass is 9.96. The van der Waals surface area contributed by atoms with Gasteiger partial charge in [-0.1, -0.05) is 37.3 Å². The maximum Gasteiger partial charge on any atom is 0.251 e. The van der Waals surface area contributed by atoms with Gasteiger partial charge < -0.3 is 10.4 Å². The third-order valence-corrected chi connectivity index (χ3v) is 4.58. The van der Waals surface area contributed by atoms with Gasteiger partial charge in [0.25, 0.3) is 5.91 Å². The van der Waals surface area contributed by atoms with Crippen molar-refractivity contribution in [2.75, 3.05) is 18.9 Å². The van der Waals surface area contributed by atoms with E-state index < -0.39 is 0 Å². The van der Waals surface area contributed by atoms with Crippen LogP contribution >= 0.6 is 11.8 Å². The molecule has 2 aromatic carbocycles. The number of aliphatic hydroxyl groups excluding tert-OH is 1. The van der Waals surface area contributed by atoms with E-state index in [0.717, 1.165) is 11.3 Å². The molecule has 0 heterocycles. The van der Waals surface area contributed by atoms with Gasteiger partial charge in [0.1, 0.15) is 0 Å². The van der Waals surface area contributed by atoms with E-state index in [4.69, 9.17) is 0 Å². The first-order chi connectivity index (χ1) is 11.2. The Morgan fingerprint density at radius 2 is 1.83 bits per heavy atom. The molecule has 0 spiro atoms. The lowest BCUT2D eigenvalue weighted by Crippen LogP contribution is -2.28. The fourth-order valence-electron chi connectivity index (χ4n) is 2.45. The van der Waals surface area contributed by atoms with E-state index >= 15 is 0 Å². The molecule has 122 valence electrons. The van der Waals surface area contributed by atoms with Crippen molar-refractivity contribution in [2.24, 2.45) is 0 Å². The zero-order valence-electron chi connectivity index (χ0n) is 13.4. The molecule has 0 aliphatic rings. The molecule has 3 nitrogen and oxygen atoms in total. The molecule has 23 heavy (non-hydrogen) atoms. The average molecular weight is 329 g/mol. The summed E-state index contributed by atoms with van der Waals surface area (Å²) in [5.41, 5.74) is 1.80. The Morgan fingerprint density at radius 1 is 1.13 bits per heavy atom. The topological polar surface area (TPSA) is 49.3 Å². The predicted molar refractivity (Wildman–Crippen MR) is 96.1 cm³/mol. The molecule has 2 aromatic rings. The second-order valence-corrected chi connectivity index (χ2v) is 6.62. The van der Waals surface area contributed by atoms with E-state index in [1.165, 1.54) is 4.90 Å². The van der Waals surface area contributed by atoms with Crippen LogP contribution in [0.2, 0.25) is 0 Å². The number of thioether (sulfide) groups is 1. The number of hydrogen-bond acceptors (Lipinski definition) is 3. The number of aliphatic hydroxyl groups is 1. The van der Waals surface area contributed by atoms with Crippen molar-refractivity contribution in [1.29, 1.82) is 0 Å². The highest BCUT2D eigenvalue weighted by Gasteiger charge is 2.13. The van der Waals surface area contributed by atoms with E-state index in [0.29, 0.717) is 18.5 Å². The Labute approximate surface area is 142 Å². The molecular weight excluding hydrogens is 306 g/mol. The van der Waals surface area contributed by atoms with Gasteiger partial charge in [-0.3, -0.25) is 4.79 Å². The van der Waals surface area contributed by atoms with Gasteiger partial charge in [-0.2, -0.15) is 0 Å². The van der Waals surface area contributed by atoms with Gasteiger partial charge in [-0.25, -0.2) is 0 Å². The Balaban J connectivity index is 1.95. The maximum absolute atomic E-state index is 12.3. The first kappa shape index (κ1) is 17.6. The zero-order chi connectivity index (χ0) is 16.5. The van der Waals surface area contributed by atoms with Crippen molar-refractivity contribution in [2.45, 2.75) is 24.2 Å². The Morgan fingerprint density at radius 3 is 2.43 bits per heavy atom. The van der Waals surface area contributed by atoms with Gasteiger partial charge in [-0.15, -0.1) is 11.8 Å². The molecule has 2 N–H and O–H groups in total. The highest BCUT2D eigenvalue weighted by atomic mass is 32.2. The molecule has 0 aliphatic heterocycles. The Kier molecular flexibility index (Phi) is 7.17. The van der Waals surface area contributed by atoms with Crippen molar-refractivity contribution in [3.8, 4) is 0 Å². The monoisotopic (exact) mass is 329 g/mol. The van der Waals surface area contributed by atoms with E-state index in [2.05, 4.69) is 12.2 Å². The van der Waals surface area contributed by atoms with E-state index in [9.17, 15) is 9.90 Å². The van der Waals surface area contributed by atoms with Crippen LogP contribution < -0.4 is 5.32 Å². The number of carbonyl (C=O) groups excluding carboxylic acids is 1. The smallest absolute Gasteiger partial charge is 0.251 e. The summed E-state index contributed by atoms with van der Waals surface area (Å²) >= 11 is 1.76. The molecule has 0 aromatic heterocycles. The first-order valence-electron chi connectivity index (χ1n) is 7.91. The van der Waals surface area contributed by atoms with Gasteiger partial charge >= 0.3 is 0 Å². The molecule has 1 atom stereocenters. The minimum atomic E-state index is -0.0723. The van der Waals surface area contributed by atoms with Crippen LogP contribution in [0.3, 0.4) is 0 Å².